The van der Waals surface area contributed by atoms with Crippen LogP contribution in [0, 0.1) is 19.7 Å². The van der Waals surface area contributed by atoms with Crippen LogP contribution in [0.3, 0.4) is 0 Å². The number of rotatable bonds is 5. The van der Waals surface area contributed by atoms with E-state index < -0.39 is 24.2 Å². The van der Waals surface area contributed by atoms with Crippen LogP contribution in [-0.2, 0) is 9.53 Å². The van der Waals surface area contributed by atoms with Crippen LogP contribution in [0.15, 0.2) is 24.3 Å². The maximum Gasteiger partial charge on any atom is 0.342 e. The van der Waals surface area contributed by atoms with Crippen LogP contribution in [0.4, 0.5) is 10.1 Å². The van der Waals surface area contributed by atoms with Gasteiger partial charge in [0.25, 0.3) is 0 Å². The number of Topliss-reactive ketones (excluding diaryl/α,β-unsaturated/α-hetero) is 1. The third kappa shape index (κ3) is 4.64. The van der Waals surface area contributed by atoms with Gasteiger partial charge in [0.2, 0.25) is 11.7 Å². The number of hydrogen-bond acceptors (Lipinski definition) is 5. The molecule has 1 amide bonds. The fourth-order valence-electron chi connectivity index (χ4n) is 2.34. The number of pyridine rings is 1. The molecule has 1 aromatic carbocycles. The minimum atomic E-state index is -0.830. The molecule has 0 bridgehead atoms. The summed E-state index contributed by atoms with van der Waals surface area (Å²) in [4.78, 5) is 39.2. The van der Waals surface area contributed by atoms with E-state index in [4.69, 9.17) is 16.3 Å². The largest absolute Gasteiger partial charge is 0.454 e. The van der Waals surface area contributed by atoms with Gasteiger partial charge in [-0.1, -0.05) is 11.6 Å². The van der Waals surface area contributed by atoms with Gasteiger partial charge in [0, 0.05) is 18.3 Å². The molecule has 2 aromatic rings. The Bertz CT molecular complexity index is 876. The average molecular weight is 379 g/mol. The van der Waals surface area contributed by atoms with E-state index >= 15 is 0 Å². The molecule has 0 fully saturated rings. The lowest BCUT2D eigenvalue weighted by Crippen LogP contribution is -2.17. The van der Waals surface area contributed by atoms with Gasteiger partial charge in [0.15, 0.2) is 6.61 Å². The molecule has 0 saturated carbocycles. The van der Waals surface area contributed by atoms with Crippen LogP contribution >= 0.6 is 11.6 Å². The number of carbonyl (C=O) groups excluding carboxylic acids is 3. The van der Waals surface area contributed by atoms with Gasteiger partial charge in [-0.15, -0.1) is 0 Å². The summed E-state index contributed by atoms with van der Waals surface area (Å²) in [6.07, 6.45) is 0. The highest BCUT2D eigenvalue weighted by Gasteiger charge is 2.20. The van der Waals surface area contributed by atoms with E-state index in [1.807, 2.05) is 0 Å². The van der Waals surface area contributed by atoms with Gasteiger partial charge in [-0.3, -0.25) is 9.59 Å². The maximum absolute atomic E-state index is 14.0. The smallest absolute Gasteiger partial charge is 0.342 e. The minimum absolute atomic E-state index is 0.0224. The molecule has 0 unspecified atom stereocenters. The number of aryl methyl sites for hydroxylation is 2. The molecular formula is C18H16ClFN2O4. The quantitative estimate of drug-likeness (QED) is 0.489. The van der Waals surface area contributed by atoms with Crippen molar-refractivity contribution in [2.75, 3.05) is 11.9 Å². The number of esters is 1. The molecule has 26 heavy (non-hydrogen) atoms. The molecule has 0 saturated heterocycles. The zero-order valence-corrected chi connectivity index (χ0v) is 15.1. The third-order valence-corrected chi connectivity index (χ3v) is 3.70. The first kappa shape index (κ1) is 19.5. The van der Waals surface area contributed by atoms with E-state index in [0.29, 0.717) is 11.3 Å². The number of amides is 1. The van der Waals surface area contributed by atoms with E-state index in [0.717, 1.165) is 6.07 Å². The summed E-state index contributed by atoms with van der Waals surface area (Å²) < 4.78 is 19.0. The number of aromatic nitrogens is 1. The van der Waals surface area contributed by atoms with Gasteiger partial charge in [0.05, 0.1) is 11.1 Å². The van der Waals surface area contributed by atoms with Gasteiger partial charge in [-0.05, 0) is 43.7 Å². The number of ketones is 1. The summed E-state index contributed by atoms with van der Waals surface area (Å²) in [6, 6.07) is 5.26. The molecular weight excluding hydrogens is 363 g/mol. The number of ether oxygens (including phenoxy) is 1. The second kappa shape index (κ2) is 8.05. The maximum atomic E-state index is 14.0. The molecule has 0 spiro atoms. The first-order chi connectivity index (χ1) is 12.2. The van der Waals surface area contributed by atoms with Crippen molar-refractivity contribution in [2.24, 2.45) is 0 Å². The standard InChI is InChI=1S/C18H16ClFN2O4/c1-9-6-10(2)21-17(19)16(9)18(25)26-8-15(24)13-5-4-12(7-14(13)20)22-11(3)23/h4-7H,8H2,1-3H3,(H,22,23). The summed E-state index contributed by atoms with van der Waals surface area (Å²) in [5.41, 5.74) is 1.23. The highest BCUT2D eigenvalue weighted by atomic mass is 35.5. The molecule has 0 aliphatic heterocycles. The van der Waals surface area contributed by atoms with Crippen LogP contribution in [-0.4, -0.2) is 29.3 Å². The van der Waals surface area contributed by atoms with Crippen LogP contribution in [0.1, 0.15) is 38.9 Å². The molecule has 0 aliphatic carbocycles. The fourth-order valence-corrected chi connectivity index (χ4v) is 2.70. The molecule has 0 atom stereocenters. The number of anilines is 1. The lowest BCUT2D eigenvalue weighted by atomic mass is 10.1. The Morgan fingerprint density at radius 1 is 1.23 bits per heavy atom. The van der Waals surface area contributed by atoms with E-state index in [1.165, 1.54) is 19.1 Å². The Morgan fingerprint density at radius 3 is 2.50 bits per heavy atom. The van der Waals surface area contributed by atoms with Gasteiger partial charge in [-0.2, -0.15) is 0 Å². The highest BCUT2D eigenvalue weighted by Crippen LogP contribution is 2.20. The minimum Gasteiger partial charge on any atom is -0.454 e. The topological polar surface area (TPSA) is 85.4 Å². The van der Waals surface area contributed by atoms with Crippen molar-refractivity contribution in [3.8, 4) is 0 Å². The molecule has 2 rings (SSSR count). The van der Waals surface area contributed by atoms with Gasteiger partial charge in [0.1, 0.15) is 11.0 Å². The Kier molecular flexibility index (Phi) is 6.05. The van der Waals surface area contributed by atoms with Crippen molar-refractivity contribution in [1.29, 1.82) is 0 Å². The predicted molar refractivity (Wildman–Crippen MR) is 94.0 cm³/mol. The summed E-state index contributed by atoms with van der Waals surface area (Å²) in [5, 5.41) is 2.38. The van der Waals surface area contributed by atoms with Crippen molar-refractivity contribution >= 4 is 34.9 Å². The molecule has 1 heterocycles. The first-order valence-corrected chi connectivity index (χ1v) is 7.98. The van der Waals surface area contributed by atoms with Crippen LogP contribution < -0.4 is 5.32 Å². The number of benzene rings is 1. The number of hydrogen-bond donors (Lipinski definition) is 1. The van der Waals surface area contributed by atoms with Crippen LogP contribution in [0.5, 0.6) is 0 Å². The SMILES string of the molecule is CC(=O)Nc1ccc(C(=O)COC(=O)c2c(C)cc(C)nc2Cl)c(F)c1. The monoisotopic (exact) mass is 378 g/mol. The normalized spacial score (nSPS) is 10.3. The second-order valence-corrected chi connectivity index (χ2v) is 5.98. The molecule has 136 valence electrons. The van der Waals surface area contributed by atoms with Crippen molar-refractivity contribution in [3.63, 3.8) is 0 Å². The Hall–Kier alpha value is -2.80. The number of halogens is 2. The fraction of sp³-hybridized carbons (Fsp3) is 0.222. The first-order valence-electron chi connectivity index (χ1n) is 7.60. The van der Waals surface area contributed by atoms with E-state index in [-0.39, 0.29) is 27.9 Å². The van der Waals surface area contributed by atoms with Gasteiger partial charge in [-0.25, -0.2) is 14.2 Å². The number of nitrogens with one attached hydrogen (secondary N) is 1. The van der Waals surface area contributed by atoms with Crippen molar-refractivity contribution in [2.45, 2.75) is 20.8 Å². The summed E-state index contributed by atoms with van der Waals surface area (Å²) in [5.74, 6) is -2.73. The number of nitrogens with zero attached hydrogens (tertiary/aromatic N) is 1. The highest BCUT2D eigenvalue weighted by molar-refractivity contribution is 6.32. The lowest BCUT2D eigenvalue weighted by molar-refractivity contribution is -0.114. The predicted octanol–water partition coefficient (Wildman–Crippen LogP) is 3.49. The van der Waals surface area contributed by atoms with Crippen molar-refractivity contribution in [3.05, 3.63) is 57.6 Å². The van der Waals surface area contributed by atoms with E-state index in [2.05, 4.69) is 10.3 Å². The average Bonchev–Trinajstić information content (AvgIpc) is 2.51. The Morgan fingerprint density at radius 2 is 1.92 bits per heavy atom. The summed E-state index contributed by atoms with van der Waals surface area (Å²) >= 11 is 5.95. The van der Waals surface area contributed by atoms with Gasteiger partial charge >= 0.3 is 5.97 Å². The van der Waals surface area contributed by atoms with E-state index in [9.17, 15) is 18.8 Å². The Balaban J connectivity index is 2.09. The summed E-state index contributed by atoms with van der Waals surface area (Å²) in [7, 11) is 0. The zero-order chi connectivity index (χ0) is 19.4. The molecule has 0 radical (unpaired) electrons. The molecule has 1 N–H and O–H groups in total. The molecule has 0 aliphatic rings. The molecule has 6 nitrogen and oxygen atoms in total. The van der Waals surface area contributed by atoms with Crippen molar-refractivity contribution in [1.82, 2.24) is 4.98 Å². The van der Waals surface area contributed by atoms with Crippen LogP contribution in [0.25, 0.3) is 0 Å². The Labute approximate surface area is 154 Å². The molecule has 8 heteroatoms. The second-order valence-electron chi connectivity index (χ2n) is 5.62. The molecule has 1 aromatic heterocycles. The third-order valence-electron chi connectivity index (χ3n) is 3.43. The van der Waals surface area contributed by atoms with Crippen molar-refractivity contribution < 1.29 is 23.5 Å². The number of carbonyl (C=O) groups is 3. The van der Waals surface area contributed by atoms with Gasteiger partial charge < -0.3 is 10.1 Å². The van der Waals surface area contributed by atoms with E-state index in [1.54, 1.807) is 19.9 Å². The summed E-state index contributed by atoms with van der Waals surface area (Å²) in [6.45, 7) is 4.02. The lowest BCUT2D eigenvalue weighted by Gasteiger charge is -2.10. The zero-order valence-electron chi connectivity index (χ0n) is 14.4. The van der Waals surface area contributed by atoms with Crippen LogP contribution in [0.2, 0.25) is 5.15 Å².